The van der Waals surface area contributed by atoms with Crippen molar-refractivity contribution in [3.05, 3.63) is 57.9 Å². The molecule has 6 heteroatoms. The maximum atomic E-state index is 13.2. The number of carbonyl (C=O) groups excluding carboxylic acids is 2. The van der Waals surface area contributed by atoms with Crippen LogP contribution in [-0.2, 0) is 20.7 Å². The zero-order valence-electron chi connectivity index (χ0n) is 14.6. The fourth-order valence-corrected chi connectivity index (χ4v) is 4.37. The number of nitrogens with zero attached hydrogens (tertiary/aromatic N) is 2. The molecule has 134 valence electrons. The maximum absolute atomic E-state index is 13.2. The summed E-state index contributed by atoms with van der Waals surface area (Å²) in [5.41, 5.74) is 3.25. The number of anilines is 1. The first kappa shape index (κ1) is 17.0. The minimum atomic E-state index is -0.229. The number of amides is 2. The Kier molecular flexibility index (Phi) is 4.61. The van der Waals surface area contributed by atoms with Gasteiger partial charge < -0.3 is 9.64 Å². The molecule has 0 N–H and O–H groups in total. The Labute approximate surface area is 156 Å². The third kappa shape index (κ3) is 2.75. The van der Waals surface area contributed by atoms with Crippen LogP contribution in [0, 0.1) is 0 Å². The summed E-state index contributed by atoms with van der Waals surface area (Å²) in [6.07, 6.45) is 1.95. The summed E-state index contributed by atoms with van der Waals surface area (Å²) in [5, 5.41) is 1.93. The highest BCUT2D eigenvalue weighted by Crippen LogP contribution is 2.38. The van der Waals surface area contributed by atoms with Crippen molar-refractivity contribution in [3.63, 3.8) is 0 Å². The Morgan fingerprint density at radius 3 is 2.73 bits per heavy atom. The molecule has 0 saturated heterocycles. The average Bonchev–Trinajstić information content (AvgIpc) is 3.27. The molecule has 2 aromatic rings. The normalized spacial score (nSPS) is 17.3. The summed E-state index contributed by atoms with van der Waals surface area (Å²) in [6, 6.07) is 11.9. The lowest BCUT2D eigenvalue weighted by Gasteiger charge is -2.32. The van der Waals surface area contributed by atoms with E-state index in [1.807, 2.05) is 40.6 Å². The highest BCUT2D eigenvalue weighted by Gasteiger charge is 2.42. The van der Waals surface area contributed by atoms with Crippen molar-refractivity contribution >= 4 is 34.4 Å². The number of rotatable bonds is 5. The number of para-hydroxylation sites is 1. The van der Waals surface area contributed by atoms with Crippen molar-refractivity contribution in [3.8, 4) is 0 Å². The molecule has 0 radical (unpaired) electrons. The number of imide groups is 1. The molecule has 0 fully saturated rings. The molecule has 0 spiro atoms. The second-order valence-electron chi connectivity index (χ2n) is 6.34. The van der Waals surface area contributed by atoms with Gasteiger partial charge in [-0.05, 0) is 35.9 Å². The van der Waals surface area contributed by atoms with Crippen molar-refractivity contribution in [2.75, 3.05) is 31.7 Å². The summed E-state index contributed by atoms with van der Waals surface area (Å²) in [4.78, 5) is 30.4. The predicted molar refractivity (Wildman–Crippen MR) is 102 cm³/mol. The molecular weight excluding hydrogens is 348 g/mol. The molecule has 3 heterocycles. The lowest BCUT2D eigenvalue weighted by Crippen LogP contribution is -2.38. The van der Waals surface area contributed by atoms with Gasteiger partial charge in [0.25, 0.3) is 11.8 Å². The van der Waals surface area contributed by atoms with E-state index in [4.69, 9.17) is 4.74 Å². The molecular formula is C20H20N2O3S. The van der Waals surface area contributed by atoms with Crippen molar-refractivity contribution < 1.29 is 14.3 Å². The van der Waals surface area contributed by atoms with Crippen LogP contribution in [-0.4, -0.2) is 43.5 Å². The molecule has 26 heavy (non-hydrogen) atoms. The van der Waals surface area contributed by atoms with Gasteiger partial charge in [0, 0.05) is 24.2 Å². The monoisotopic (exact) mass is 368 g/mol. The number of carbonyl (C=O) groups is 2. The molecule has 0 bridgehead atoms. The van der Waals surface area contributed by atoms with Gasteiger partial charge in [-0.1, -0.05) is 24.3 Å². The summed E-state index contributed by atoms with van der Waals surface area (Å²) in [7, 11) is 1.57. The lowest BCUT2D eigenvalue weighted by molar-refractivity contribution is -0.137. The molecule has 4 rings (SSSR count). The summed E-state index contributed by atoms with van der Waals surface area (Å²) in [5.74, 6) is -0.459. The highest BCUT2D eigenvalue weighted by molar-refractivity contribution is 7.11. The van der Waals surface area contributed by atoms with E-state index in [2.05, 4.69) is 6.07 Å². The van der Waals surface area contributed by atoms with Gasteiger partial charge in [0.1, 0.15) is 5.70 Å². The van der Waals surface area contributed by atoms with E-state index in [0.717, 1.165) is 30.0 Å². The van der Waals surface area contributed by atoms with Gasteiger partial charge >= 0.3 is 0 Å². The van der Waals surface area contributed by atoms with Crippen LogP contribution >= 0.6 is 11.3 Å². The SMILES string of the molecule is COCCN1C(=O)C(c2cccs2)=C(N2CCCc3ccccc32)C1=O. The molecule has 1 aromatic heterocycles. The second-order valence-corrected chi connectivity index (χ2v) is 7.29. The Balaban J connectivity index is 1.83. The minimum absolute atomic E-state index is 0.229. The van der Waals surface area contributed by atoms with Gasteiger partial charge in [0.15, 0.2) is 0 Å². The summed E-state index contributed by atoms with van der Waals surface area (Å²) >= 11 is 1.49. The molecule has 0 atom stereocenters. The number of thiophene rings is 1. The number of benzene rings is 1. The molecule has 0 unspecified atom stereocenters. The first-order valence-corrected chi connectivity index (χ1v) is 9.59. The quantitative estimate of drug-likeness (QED) is 0.762. The first-order valence-electron chi connectivity index (χ1n) is 8.71. The summed E-state index contributed by atoms with van der Waals surface area (Å²) in [6.45, 7) is 1.33. The first-order chi connectivity index (χ1) is 12.7. The number of ether oxygens (including phenoxy) is 1. The number of aryl methyl sites for hydroxylation is 1. The molecule has 2 aliphatic rings. The van der Waals surface area contributed by atoms with Gasteiger partial charge in [-0.15, -0.1) is 11.3 Å². The number of hydrogen-bond acceptors (Lipinski definition) is 5. The molecule has 2 amide bonds. The fraction of sp³-hybridized carbons (Fsp3) is 0.300. The van der Waals surface area contributed by atoms with Crippen molar-refractivity contribution in [2.45, 2.75) is 12.8 Å². The molecule has 5 nitrogen and oxygen atoms in total. The van der Waals surface area contributed by atoms with Gasteiger partial charge in [0.05, 0.1) is 18.7 Å². The lowest BCUT2D eigenvalue weighted by atomic mass is 10.00. The molecule has 2 aliphatic heterocycles. The second kappa shape index (κ2) is 7.05. The predicted octanol–water partition coefficient (Wildman–Crippen LogP) is 2.93. The van der Waals surface area contributed by atoms with Gasteiger partial charge in [0.2, 0.25) is 0 Å². The van der Waals surface area contributed by atoms with E-state index in [1.165, 1.54) is 21.8 Å². The van der Waals surface area contributed by atoms with Crippen LogP contribution in [0.5, 0.6) is 0 Å². The van der Waals surface area contributed by atoms with E-state index in [1.54, 1.807) is 7.11 Å². The van der Waals surface area contributed by atoms with E-state index in [0.29, 0.717) is 17.9 Å². The Hall–Kier alpha value is -2.44. The van der Waals surface area contributed by atoms with Gasteiger partial charge in [-0.2, -0.15) is 0 Å². The van der Waals surface area contributed by atoms with Gasteiger partial charge in [-0.25, -0.2) is 0 Å². The molecule has 1 aromatic carbocycles. The Morgan fingerprint density at radius 2 is 1.96 bits per heavy atom. The van der Waals surface area contributed by atoms with E-state index >= 15 is 0 Å². The van der Waals surface area contributed by atoms with Crippen molar-refractivity contribution in [2.24, 2.45) is 0 Å². The van der Waals surface area contributed by atoms with Crippen LogP contribution in [0.1, 0.15) is 16.9 Å². The van der Waals surface area contributed by atoms with Crippen LogP contribution < -0.4 is 4.90 Å². The third-order valence-corrected chi connectivity index (χ3v) is 5.70. The van der Waals surface area contributed by atoms with Crippen LogP contribution in [0.2, 0.25) is 0 Å². The standard InChI is InChI=1S/C20H20N2O3S/c1-25-12-11-22-19(23)17(16-9-5-13-26-16)18(20(22)24)21-10-4-7-14-6-2-3-8-15(14)21/h2-3,5-6,8-9,13H,4,7,10-12H2,1H3. The fourth-order valence-electron chi connectivity index (χ4n) is 3.61. The highest BCUT2D eigenvalue weighted by atomic mass is 32.1. The largest absolute Gasteiger partial charge is 0.383 e. The number of methoxy groups -OCH3 is 1. The van der Waals surface area contributed by atoms with Crippen LogP contribution in [0.3, 0.4) is 0 Å². The van der Waals surface area contributed by atoms with Crippen molar-refractivity contribution in [1.82, 2.24) is 4.90 Å². The van der Waals surface area contributed by atoms with E-state index in [-0.39, 0.29) is 18.4 Å². The van der Waals surface area contributed by atoms with Gasteiger partial charge in [-0.3, -0.25) is 14.5 Å². The van der Waals surface area contributed by atoms with Crippen LogP contribution in [0.25, 0.3) is 5.57 Å². The number of hydrogen-bond donors (Lipinski definition) is 0. The summed E-state index contributed by atoms with van der Waals surface area (Å²) < 4.78 is 5.09. The minimum Gasteiger partial charge on any atom is -0.383 e. The smallest absolute Gasteiger partial charge is 0.278 e. The van der Waals surface area contributed by atoms with Crippen LogP contribution in [0.15, 0.2) is 47.5 Å². The third-order valence-electron chi connectivity index (χ3n) is 4.81. The van der Waals surface area contributed by atoms with Crippen molar-refractivity contribution in [1.29, 1.82) is 0 Å². The Bertz CT molecular complexity index is 873. The van der Waals surface area contributed by atoms with E-state index < -0.39 is 0 Å². The molecule has 0 saturated carbocycles. The molecule has 0 aliphatic carbocycles. The van der Waals surface area contributed by atoms with E-state index in [9.17, 15) is 9.59 Å². The maximum Gasteiger partial charge on any atom is 0.278 e. The average molecular weight is 368 g/mol. The zero-order valence-corrected chi connectivity index (χ0v) is 15.4. The Morgan fingerprint density at radius 1 is 1.12 bits per heavy atom. The number of fused-ring (bicyclic) bond motifs is 1. The van der Waals surface area contributed by atoms with Crippen LogP contribution in [0.4, 0.5) is 5.69 Å². The topological polar surface area (TPSA) is 49.9 Å². The zero-order chi connectivity index (χ0) is 18.1.